The number of hydrogen-bond acceptors (Lipinski definition) is 3. The Balaban J connectivity index is 2.04. The van der Waals surface area contributed by atoms with E-state index in [4.69, 9.17) is 0 Å². The minimum atomic E-state index is 0.762. The molecule has 3 heteroatoms. The molecule has 0 spiro atoms. The number of nitrogens with one attached hydrogen (secondary N) is 1. The topological polar surface area (TPSA) is 28.2 Å². The first-order valence-electron chi connectivity index (χ1n) is 5.54. The average molecular weight is 205 g/mol. The molecule has 0 aromatic carbocycles. The van der Waals surface area contributed by atoms with E-state index in [1.165, 1.54) is 18.4 Å². The highest BCUT2D eigenvalue weighted by Gasteiger charge is 2.20. The van der Waals surface area contributed by atoms with Crippen molar-refractivity contribution in [2.45, 2.75) is 32.4 Å². The van der Waals surface area contributed by atoms with Crippen molar-refractivity contribution in [3.8, 4) is 0 Å². The first-order chi connectivity index (χ1) is 7.16. The summed E-state index contributed by atoms with van der Waals surface area (Å²) >= 11 is 0. The molecule has 0 aliphatic heterocycles. The molecule has 15 heavy (non-hydrogen) atoms. The minimum absolute atomic E-state index is 0.762. The Bertz CT molecular complexity index is 343. The fourth-order valence-electron chi connectivity index (χ4n) is 1.55. The molecule has 0 saturated heterocycles. The van der Waals surface area contributed by atoms with Crippen molar-refractivity contribution in [3.63, 3.8) is 0 Å². The maximum absolute atomic E-state index is 4.56. The Hall–Kier alpha value is -1.09. The number of aryl methyl sites for hydroxylation is 1. The van der Waals surface area contributed by atoms with Gasteiger partial charge in [-0.1, -0.05) is 6.07 Å². The molecule has 2 rings (SSSR count). The Morgan fingerprint density at radius 1 is 1.40 bits per heavy atom. The van der Waals surface area contributed by atoms with Crippen LogP contribution in [0.2, 0.25) is 0 Å². The van der Waals surface area contributed by atoms with E-state index in [0.717, 1.165) is 24.1 Å². The predicted octanol–water partition coefficient (Wildman–Crippen LogP) is 1.71. The van der Waals surface area contributed by atoms with E-state index in [1.54, 1.807) is 0 Å². The number of nitrogens with zero attached hydrogens (tertiary/aromatic N) is 2. The van der Waals surface area contributed by atoms with Crippen LogP contribution in [0.4, 0.5) is 5.82 Å². The van der Waals surface area contributed by atoms with Crippen molar-refractivity contribution in [1.29, 1.82) is 0 Å². The van der Waals surface area contributed by atoms with E-state index < -0.39 is 0 Å². The Kier molecular flexibility index (Phi) is 2.91. The summed E-state index contributed by atoms with van der Waals surface area (Å²) in [7, 11) is 4.04. The molecule has 0 unspecified atom stereocenters. The van der Waals surface area contributed by atoms with Crippen molar-refractivity contribution >= 4 is 5.82 Å². The third-order valence-corrected chi connectivity index (χ3v) is 2.80. The smallest absolute Gasteiger partial charge is 0.128 e. The molecule has 1 fully saturated rings. The van der Waals surface area contributed by atoms with Crippen LogP contribution in [0.1, 0.15) is 24.1 Å². The van der Waals surface area contributed by atoms with Crippen molar-refractivity contribution < 1.29 is 0 Å². The van der Waals surface area contributed by atoms with Crippen LogP contribution in [0.5, 0.6) is 0 Å². The molecular weight excluding hydrogens is 186 g/mol. The van der Waals surface area contributed by atoms with Crippen LogP contribution in [0, 0.1) is 6.92 Å². The standard InChI is InChI=1S/C12H19N3/c1-9-10(8-13-11-5-6-11)4-7-12(14-9)15(2)3/h4,7,11,13H,5-6,8H2,1-3H3. The van der Waals surface area contributed by atoms with Crippen molar-refractivity contribution in [3.05, 3.63) is 23.4 Å². The van der Waals surface area contributed by atoms with Gasteiger partial charge in [0.1, 0.15) is 5.82 Å². The summed E-state index contributed by atoms with van der Waals surface area (Å²) in [6, 6.07) is 5.02. The van der Waals surface area contributed by atoms with Crippen LogP contribution in [0.25, 0.3) is 0 Å². The first kappa shape index (κ1) is 10.4. The maximum Gasteiger partial charge on any atom is 0.128 e. The van der Waals surface area contributed by atoms with Crippen LogP contribution in [-0.2, 0) is 6.54 Å². The van der Waals surface area contributed by atoms with Crippen molar-refractivity contribution in [2.75, 3.05) is 19.0 Å². The zero-order valence-electron chi connectivity index (χ0n) is 9.75. The summed E-state index contributed by atoms with van der Waals surface area (Å²) in [6.45, 7) is 3.04. The minimum Gasteiger partial charge on any atom is -0.363 e. The van der Waals surface area contributed by atoms with Gasteiger partial charge in [-0.05, 0) is 31.4 Å². The number of aromatic nitrogens is 1. The summed E-state index contributed by atoms with van der Waals surface area (Å²) < 4.78 is 0. The van der Waals surface area contributed by atoms with E-state index >= 15 is 0 Å². The highest BCUT2D eigenvalue weighted by Crippen LogP contribution is 2.20. The summed E-state index contributed by atoms with van der Waals surface area (Å²) in [5, 5.41) is 3.51. The molecule has 1 heterocycles. The molecule has 0 radical (unpaired) electrons. The van der Waals surface area contributed by atoms with Gasteiger partial charge >= 0.3 is 0 Å². The lowest BCUT2D eigenvalue weighted by molar-refractivity contribution is 0.682. The predicted molar refractivity (Wildman–Crippen MR) is 63.2 cm³/mol. The lowest BCUT2D eigenvalue weighted by Gasteiger charge is -2.14. The fourth-order valence-corrected chi connectivity index (χ4v) is 1.55. The Labute approximate surface area is 91.5 Å². The normalized spacial score (nSPS) is 15.4. The van der Waals surface area contributed by atoms with Crippen LogP contribution in [-0.4, -0.2) is 25.1 Å². The first-order valence-corrected chi connectivity index (χ1v) is 5.54. The molecule has 1 aliphatic carbocycles. The van der Waals surface area contributed by atoms with Gasteiger partial charge in [0.05, 0.1) is 0 Å². The molecule has 0 atom stereocenters. The summed E-state index contributed by atoms with van der Waals surface area (Å²) in [4.78, 5) is 6.59. The van der Waals surface area contributed by atoms with E-state index in [0.29, 0.717) is 0 Å². The molecule has 82 valence electrons. The lowest BCUT2D eigenvalue weighted by Crippen LogP contribution is -2.17. The van der Waals surface area contributed by atoms with Gasteiger partial charge in [0, 0.05) is 32.4 Å². The van der Waals surface area contributed by atoms with E-state index in [9.17, 15) is 0 Å². The Morgan fingerprint density at radius 3 is 2.67 bits per heavy atom. The summed E-state index contributed by atoms with van der Waals surface area (Å²) in [5.74, 6) is 1.03. The largest absolute Gasteiger partial charge is 0.363 e. The molecule has 0 amide bonds. The molecule has 3 nitrogen and oxygen atoms in total. The zero-order valence-corrected chi connectivity index (χ0v) is 9.75. The molecular formula is C12H19N3. The quantitative estimate of drug-likeness (QED) is 0.811. The van der Waals surface area contributed by atoms with Gasteiger partial charge in [0.25, 0.3) is 0 Å². The van der Waals surface area contributed by atoms with Gasteiger partial charge in [0.15, 0.2) is 0 Å². The molecule has 1 N–H and O–H groups in total. The lowest BCUT2D eigenvalue weighted by atomic mass is 10.2. The van der Waals surface area contributed by atoms with Crippen LogP contribution >= 0.6 is 0 Å². The molecule has 0 bridgehead atoms. The van der Waals surface area contributed by atoms with Crippen LogP contribution in [0.3, 0.4) is 0 Å². The van der Waals surface area contributed by atoms with Gasteiger partial charge in [-0.15, -0.1) is 0 Å². The fraction of sp³-hybridized carbons (Fsp3) is 0.583. The second-order valence-corrected chi connectivity index (χ2v) is 4.46. The van der Waals surface area contributed by atoms with E-state index in [1.807, 2.05) is 19.0 Å². The number of rotatable bonds is 4. The number of hydrogen-bond donors (Lipinski definition) is 1. The number of anilines is 1. The van der Waals surface area contributed by atoms with Crippen molar-refractivity contribution in [1.82, 2.24) is 10.3 Å². The van der Waals surface area contributed by atoms with E-state index in [2.05, 4.69) is 29.4 Å². The number of pyridine rings is 1. The Morgan fingerprint density at radius 2 is 2.13 bits per heavy atom. The SMILES string of the molecule is Cc1nc(N(C)C)ccc1CNC1CC1. The summed E-state index contributed by atoms with van der Waals surface area (Å²) in [6.07, 6.45) is 2.67. The van der Waals surface area contributed by atoms with Gasteiger partial charge < -0.3 is 10.2 Å². The van der Waals surface area contributed by atoms with Crippen LogP contribution in [0.15, 0.2) is 12.1 Å². The second kappa shape index (κ2) is 4.19. The van der Waals surface area contributed by atoms with Gasteiger partial charge in [-0.3, -0.25) is 0 Å². The van der Waals surface area contributed by atoms with Gasteiger partial charge in [0.2, 0.25) is 0 Å². The average Bonchev–Trinajstić information content (AvgIpc) is 2.99. The molecule has 1 aliphatic rings. The van der Waals surface area contributed by atoms with Crippen molar-refractivity contribution in [2.24, 2.45) is 0 Å². The third kappa shape index (κ3) is 2.69. The molecule has 1 saturated carbocycles. The molecule has 1 aromatic rings. The van der Waals surface area contributed by atoms with Gasteiger partial charge in [-0.25, -0.2) is 4.98 Å². The van der Waals surface area contributed by atoms with Gasteiger partial charge in [-0.2, -0.15) is 0 Å². The molecule has 1 aromatic heterocycles. The second-order valence-electron chi connectivity index (χ2n) is 4.46. The maximum atomic E-state index is 4.56. The van der Waals surface area contributed by atoms with Crippen LogP contribution < -0.4 is 10.2 Å². The third-order valence-electron chi connectivity index (χ3n) is 2.80. The van der Waals surface area contributed by atoms with E-state index in [-0.39, 0.29) is 0 Å². The highest BCUT2D eigenvalue weighted by molar-refractivity contribution is 5.39. The highest BCUT2D eigenvalue weighted by atomic mass is 15.1. The summed E-state index contributed by atoms with van der Waals surface area (Å²) in [5.41, 5.74) is 2.45. The zero-order chi connectivity index (χ0) is 10.8. The monoisotopic (exact) mass is 205 g/mol.